The Hall–Kier alpha value is -5.43. The number of aromatic nitrogens is 5. The van der Waals surface area contributed by atoms with Crippen LogP contribution in [0.4, 0.5) is 15.9 Å². The third-order valence-corrected chi connectivity index (χ3v) is 8.40. The molecule has 3 aromatic heterocycles. The molecule has 12 nitrogen and oxygen atoms in total. The van der Waals surface area contributed by atoms with Crippen LogP contribution in [0.15, 0.2) is 73.2 Å². The highest BCUT2D eigenvalue weighted by Crippen LogP contribution is 2.35. The molecule has 2 aromatic carbocycles. The number of halogens is 1. The van der Waals surface area contributed by atoms with Crippen molar-refractivity contribution < 1.29 is 18.7 Å². The lowest BCUT2D eigenvalue weighted by Gasteiger charge is -2.32. The van der Waals surface area contributed by atoms with Crippen LogP contribution in [0, 0.1) is 5.95 Å². The summed E-state index contributed by atoms with van der Waals surface area (Å²) in [6, 6.07) is 18.4. The van der Waals surface area contributed by atoms with Gasteiger partial charge >= 0.3 is 0 Å². The second kappa shape index (κ2) is 12.5. The number of piperidine rings is 2. The van der Waals surface area contributed by atoms with Gasteiger partial charge in [-0.2, -0.15) is 9.49 Å². The van der Waals surface area contributed by atoms with Crippen molar-refractivity contribution >= 4 is 34.4 Å². The normalized spacial score (nSPS) is 17.6. The Morgan fingerprint density at radius 3 is 2.50 bits per heavy atom. The number of carbonyl (C=O) groups is 2. The summed E-state index contributed by atoms with van der Waals surface area (Å²) < 4.78 is 22.4. The number of para-hydroxylation sites is 1. The average Bonchev–Trinajstić information content (AvgIpc) is 3.46. The maximum atomic E-state index is 14.5. The number of rotatable bonds is 8. The molecule has 2 aliphatic rings. The van der Waals surface area contributed by atoms with Gasteiger partial charge < -0.3 is 15.8 Å². The number of carbonyl (C=O) groups excluding carboxylic acids is 2. The Morgan fingerprint density at radius 2 is 1.74 bits per heavy atom. The number of pyridine rings is 1. The van der Waals surface area contributed by atoms with E-state index in [0.29, 0.717) is 30.2 Å². The number of nitrogens with two attached hydrogens (primary N) is 1. The highest BCUT2D eigenvalue weighted by Gasteiger charge is 2.29. The first kappa shape index (κ1) is 29.3. The van der Waals surface area contributed by atoms with E-state index < -0.39 is 17.9 Å². The number of hydrogen-bond acceptors (Lipinski definition) is 10. The summed E-state index contributed by atoms with van der Waals surface area (Å²) in [5, 5.41) is 10.9. The lowest BCUT2D eigenvalue weighted by molar-refractivity contribution is -0.133. The van der Waals surface area contributed by atoms with Crippen molar-refractivity contribution in [2.24, 2.45) is 0 Å². The molecule has 0 spiro atoms. The van der Waals surface area contributed by atoms with Crippen LogP contribution in [0.25, 0.3) is 22.3 Å². The monoisotopic (exact) mass is 621 g/mol. The first-order chi connectivity index (χ1) is 22.4. The topological polar surface area (TPSA) is 153 Å². The standard InChI is InChI=1S/C33H32FN9O3/c34-30-26(39-25-10-11-27(44)40-33(25)45)16-20(17-36-30)18-42-14-12-22(13-15-42)43-32-28(31(35)37-19-38-32)29(41-43)21-6-8-24(9-7-21)46-23-4-2-1-3-5-23/h1-9,16-17,19,22,25,39H,10-15,18H2,(H2,35,37,38)(H,40,44,45). The summed E-state index contributed by atoms with van der Waals surface area (Å²) in [6.07, 6.45) is 5.12. The van der Waals surface area contributed by atoms with Crippen molar-refractivity contribution in [3.8, 4) is 22.8 Å². The van der Waals surface area contributed by atoms with Gasteiger partial charge in [0.05, 0.1) is 17.1 Å². The van der Waals surface area contributed by atoms with Crippen LogP contribution in [-0.2, 0) is 16.1 Å². The number of nitrogen functional groups attached to an aromatic ring is 1. The number of anilines is 2. The number of imide groups is 1. The van der Waals surface area contributed by atoms with E-state index in [4.69, 9.17) is 15.6 Å². The van der Waals surface area contributed by atoms with Gasteiger partial charge in [0.25, 0.3) is 0 Å². The van der Waals surface area contributed by atoms with Gasteiger partial charge in [-0.25, -0.2) is 19.6 Å². The van der Waals surface area contributed by atoms with Crippen molar-refractivity contribution in [3.63, 3.8) is 0 Å². The Morgan fingerprint density at radius 1 is 0.978 bits per heavy atom. The van der Waals surface area contributed by atoms with Crippen molar-refractivity contribution in [1.82, 2.24) is 34.9 Å². The Kier molecular flexibility index (Phi) is 7.97. The molecule has 7 rings (SSSR count). The number of fused-ring (bicyclic) bond motifs is 1. The molecule has 5 aromatic rings. The second-order valence-electron chi connectivity index (χ2n) is 11.5. The van der Waals surface area contributed by atoms with Crippen LogP contribution >= 0.6 is 0 Å². The predicted molar refractivity (Wildman–Crippen MR) is 169 cm³/mol. The molecule has 234 valence electrons. The van der Waals surface area contributed by atoms with E-state index in [1.165, 1.54) is 12.5 Å². The van der Waals surface area contributed by atoms with Crippen LogP contribution in [0.1, 0.15) is 37.3 Å². The van der Waals surface area contributed by atoms with Gasteiger partial charge in [0.15, 0.2) is 5.65 Å². The summed E-state index contributed by atoms with van der Waals surface area (Å²) in [5.74, 6) is 0.377. The van der Waals surface area contributed by atoms with E-state index in [-0.39, 0.29) is 24.1 Å². The number of nitrogens with one attached hydrogen (secondary N) is 2. The van der Waals surface area contributed by atoms with Crippen molar-refractivity contribution in [1.29, 1.82) is 0 Å². The Bertz CT molecular complexity index is 1890. The first-order valence-electron chi connectivity index (χ1n) is 15.2. The van der Waals surface area contributed by atoms with Crippen LogP contribution < -0.4 is 21.1 Å². The van der Waals surface area contributed by atoms with Crippen LogP contribution in [-0.4, -0.2) is 60.6 Å². The molecule has 0 saturated carbocycles. The molecule has 0 bridgehead atoms. The van der Waals surface area contributed by atoms with Crippen molar-refractivity contribution in [3.05, 3.63) is 84.7 Å². The fraction of sp³-hybridized carbons (Fsp3) is 0.273. The molecule has 2 amide bonds. The van der Waals surface area contributed by atoms with Gasteiger partial charge in [0.2, 0.25) is 17.8 Å². The number of nitrogens with zero attached hydrogens (tertiary/aromatic N) is 6. The number of hydrogen-bond donors (Lipinski definition) is 3. The molecular formula is C33H32FN9O3. The molecule has 46 heavy (non-hydrogen) atoms. The minimum absolute atomic E-state index is 0.0959. The Balaban J connectivity index is 1.04. The zero-order chi connectivity index (χ0) is 31.6. The summed E-state index contributed by atoms with van der Waals surface area (Å²) in [4.78, 5) is 38.6. The molecule has 2 saturated heterocycles. The van der Waals surface area contributed by atoms with Gasteiger partial charge in [-0.05, 0) is 67.3 Å². The third-order valence-electron chi connectivity index (χ3n) is 8.40. The third kappa shape index (κ3) is 6.09. The molecule has 4 N–H and O–H groups in total. The van der Waals surface area contributed by atoms with Crippen LogP contribution in [0.5, 0.6) is 11.5 Å². The Labute approximate surface area is 263 Å². The molecular weight excluding hydrogens is 589 g/mol. The van der Waals surface area contributed by atoms with E-state index >= 15 is 0 Å². The molecule has 13 heteroatoms. The van der Waals surface area contributed by atoms with Gasteiger partial charge in [-0.15, -0.1) is 0 Å². The molecule has 0 radical (unpaired) electrons. The summed E-state index contributed by atoms with van der Waals surface area (Å²) in [7, 11) is 0. The fourth-order valence-corrected chi connectivity index (χ4v) is 6.04. The number of ether oxygens (including phenoxy) is 1. The SMILES string of the molecule is Nc1ncnc2c1c(-c1ccc(Oc3ccccc3)cc1)nn2C1CCN(Cc2cnc(F)c(NC3CCC(=O)NC3=O)c2)CC1. The summed E-state index contributed by atoms with van der Waals surface area (Å²) in [6.45, 7) is 2.13. The van der Waals surface area contributed by atoms with Gasteiger partial charge in [-0.3, -0.25) is 19.8 Å². The fourth-order valence-electron chi connectivity index (χ4n) is 6.04. The molecule has 2 fully saturated rings. The smallest absolute Gasteiger partial charge is 0.249 e. The summed E-state index contributed by atoms with van der Waals surface area (Å²) in [5.41, 5.74) is 9.62. The van der Waals surface area contributed by atoms with E-state index in [9.17, 15) is 14.0 Å². The lowest BCUT2D eigenvalue weighted by atomic mass is 10.0. The summed E-state index contributed by atoms with van der Waals surface area (Å²) >= 11 is 0. The van der Waals surface area contributed by atoms with Crippen LogP contribution in [0.2, 0.25) is 0 Å². The van der Waals surface area contributed by atoms with Crippen LogP contribution in [0.3, 0.4) is 0 Å². The van der Waals surface area contributed by atoms with Gasteiger partial charge in [-0.1, -0.05) is 18.2 Å². The van der Waals surface area contributed by atoms with Gasteiger partial charge in [0, 0.05) is 37.8 Å². The van der Waals surface area contributed by atoms with E-state index in [0.717, 1.165) is 53.9 Å². The molecule has 1 unspecified atom stereocenters. The average molecular weight is 622 g/mol. The van der Waals surface area contributed by atoms with E-state index in [1.807, 2.05) is 59.3 Å². The quantitative estimate of drug-likeness (QED) is 0.167. The zero-order valence-corrected chi connectivity index (χ0v) is 24.9. The zero-order valence-electron chi connectivity index (χ0n) is 24.9. The first-order valence-corrected chi connectivity index (χ1v) is 15.2. The molecule has 1 atom stereocenters. The number of likely N-dealkylation sites (tertiary alicyclic amines) is 1. The second-order valence-corrected chi connectivity index (χ2v) is 11.5. The van der Waals surface area contributed by atoms with E-state index in [1.54, 1.807) is 6.07 Å². The molecule has 0 aliphatic carbocycles. The number of benzene rings is 2. The maximum Gasteiger partial charge on any atom is 0.249 e. The van der Waals surface area contributed by atoms with Gasteiger partial charge in [0.1, 0.15) is 35.4 Å². The predicted octanol–water partition coefficient (Wildman–Crippen LogP) is 4.46. The molecule has 2 aliphatic heterocycles. The number of amides is 2. The lowest BCUT2D eigenvalue weighted by Crippen LogP contribution is -2.47. The highest BCUT2D eigenvalue weighted by molar-refractivity contribution is 6.01. The van der Waals surface area contributed by atoms with E-state index in [2.05, 4.69) is 30.5 Å². The van der Waals surface area contributed by atoms with Crippen molar-refractivity contribution in [2.75, 3.05) is 24.1 Å². The van der Waals surface area contributed by atoms with Crippen molar-refractivity contribution in [2.45, 2.75) is 44.3 Å². The minimum atomic E-state index is -0.688. The maximum absolute atomic E-state index is 14.5. The largest absolute Gasteiger partial charge is 0.457 e. The minimum Gasteiger partial charge on any atom is -0.457 e. The highest BCUT2D eigenvalue weighted by atomic mass is 19.1. The molecule has 5 heterocycles.